The van der Waals surface area contributed by atoms with Crippen LogP contribution in [0, 0.1) is 0 Å². The minimum atomic E-state index is 0.0515. The van der Waals surface area contributed by atoms with Crippen molar-refractivity contribution in [3.63, 3.8) is 0 Å². The number of ether oxygens (including phenoxy) is 2. The Kier molecular flexibility index (Phi) is 6.04. The van der Waals surface area contributed by atoms with Gasteiger partial charge in [-0.1, -0.05) is 12.1 Å². The molecule has 7 nitrogen and oxygen atoms in total. The fourth-order valence-corrected chi connectivity index (χ4v) is 3.62. The summed E-state index contributed by atoms with van der Waals surface area (Å²) in [6, 6.07) is 10.00. The van der Waals surface area contributed by atoms with Gasteiger partial charge < -0.3 is 20.1 Å². The van der Waals surface area contributed by atoms with Gasteiger partial charge in [-0.25, -0.2) is 0 Å². The van der Waals surface area contributed by atoms with Crippen LogP contribution in [0.25, 0.3) is 0 Å². The Bertz CT molecular complexity index is 799. The summed E-state index contributed by atoms with van der Waals surface area (Å²) in [5.74, 6) is 1.56. The van der Waals surface area contributed by atoms with E-state index in [0.29, 0.717) is 26.2 Å². The first-order chi connectivity index (χ1) is 13.8. The molecule has 1 unspecified atom stereocenters. The Morgan fingerprint density at radius 2 is 2.11 bits per heavy atom. The molecule has 7 heteroatoms. The third-order valence-electron chi connectivity index (χ3n) is 5.00. The van der Waals surface area contributed by atoms with Crippen LogP contribution in [-0.2, 0) is 17.9 Å². The topological polar surface area (TPSA) is 75.7 Å². The SMILES string of the molecule is O=C(CC1CN(Cc2cccnc2)CCN1)NCc1ccc2c(c1)OCCO2. The molecule has 1 amide bonds. The highest BCUT2D eigenvalue weighted by Gasteiger charge is 2.22. The van der Waals surface area contributed by atoms with Gasteiger partial charge in [0.05, 0.1) is 0 Å². The lowest BCUT2D eigenvalue weighted by molar-refractivity contribution is -0.122. The van der Waals surface area contributed by atoms with E-state index in [1.165, 1.54) is 5.56 Å². The number of fused-ring (bicyclic) bond motifs is 1. The summed E-state index contributed by atoms with van der Waals surface area (Å²) in [6.07, 6.45) is 4.15. The minimum Gasteiger partial charge on any atom is -0.486 e. The van der Waals surface area contributed by atoms with Crippen LogP contribution >= 0.6 is 0 Å². The van der Waals surface area contributed by atoms with E-state index < -0.39 is 0 Å². The van der Waals surface area contributed by atoms with Crippen molar-refractivity contribution in [2.24, 2.45) is 0 Å². The number of carbonyl (C=O) groups excluding carboxylic acids is 1. The lowest BCUT2D eigenvalue weighted by Gasteiger charge is -2.33. The van der Waals surface area contributed by atoms with Crippen LogP contribution in [0.3, 0.4) is 0 Å². The summed E-state index contributed by atoms with van der Waals surface area (Å²) < 4.78 is 11.1. The van der Waals surface area contributed by atoms with E-state index in [-0.39, 0.29) is 11.9 Å². The molecule has 2 aromatic rings. The van der Waals surface area contributed by atoms with Crippen LogP contribution in [0.1, 0.15) is 17.5 Å². The highest BCUT2D eigenvalue weighted by Crippen LogP contribution is 2.30. The molecule has 0 spiro atoms. The van der Waals surface area contributed by atoms with E-state index in [0.717, 1.165) is 43.2 Å². The first-order valence-corrected chi connectivity index (χ1v) is 9.76. The molecule has 2 aliphatic rings. The fraction of sp³-hybridized carbons (Fsp3) is 0.429. The van der Waals surface area contributed by atoms with Crippen molar-refractivity contribution in [3.05, 3.63) is 53.9 Å². The molecule has 1 saturated heterocycles. The predicted octanol–water partition coefficient (Wildman–Crippen LogP) is 1.33. The van der Waals surface area contributed by atoms with Crippen molar-refractivity contribution in [2.75, 3.05) is 32.8 Å². The fourth-order valence-electron chi connectivity index (χ4n) is 3.62. The number of hydrogen-bond donors (Lipinski definition) is 2. The summed E-state index contributed by atoms with van der Waals surface area (Å²) in [7, 11) is 0. The summed E-state index contributed by atoms with van der Waals surface area (Å²) in [4.78, 5) is 18.9. The van der Waals surface area contributed by atoms with Gasteiger partial charge in [0.1, 0.15) is 13.2 Å². The van der Waals surface area contributed by atoms with E-state index in [4.69, 9.17) is 9.47 Å². The van der Waals surface area contributed by atoms with Crippen molar-refractivity contribution < 1.29 is 14.3 Å². The highest BCUT2D eigenvalue weighted by atomic mass is 16.6. The molecule has 0 bridgehead atoms. The largest absolute Gasteiger partial charge is 0.486 e. The third kappa shape index (κ3) is 4.99. The minimum absolute atomic E-state index is 0.0515. The average molecular weight is 382 g/mol. The van der Waals surface area contributed by atoms with E-state index >= 15 is 0 Å². The summed E-state index contributed by atoms with van der Waals surface area (Å²) in [6.45, 7) is 5.21. The molecule has 0 aliphatic carbocycles. The van der Waals surface area contributed by atoms with E-state index in [1.54, 1.807) is 6.20 Å². The van der Waals surface area contributed by atoms with Gasteiger partial charge in [0.2, 0.25) is 5.91 Å². The lowest BCUT2D eigenvalue weighted by atomic mass is 10.1. The van der Waals surface area contributed by atoms with Gasteiger partial charge >= 0.3 is 0 Å². The Hall–Kier alpha value is -2.64. The lowest BCUT2D eigenvalue weighted by Crippen LogP contribution is -2.51. The second kappa shape index (κ2) is 9.03. The highest BCUT2D eigenvalue weighted by molar-refractivity contribution is 5.76. The van der Waals surface area contributed by atoms with Gasteiger partial charge in [-0.3, -0.25) is 14.7 Å². The second-order valence-electron chi connectivity index (χ2n) is 7.21. The number of pyridine rings is 1. The number of nitrogens with zero attached hydrogens (tertiary/aromatic N) is 2. The first-order valence-electron chi connectivity index (χ1n) is 9.76. The molecule has 2 aliphatic heterocycles. The van der Waals surface area contributed by atoms with Crippen molar-refractivity contribution >= 4 is 5.91 Å². The Balaban J connectivity index is 1.24. The molecule has 1 aromatic heterocycles. The van der Waals surface area contributed by atoms with Gasteiger partial charge in [0, 0.05) is 57.6 Å². The molecular formula is C21H26N4O3. The maximum absolute atomic E-state index is 12.4. The third-order valence-corrected chi connectivity index (χ3v) is 5.00. The predicted molar refractivity (Wildman–Crippen MR) is 105 cm³/mol. The standard InChI is InChI=1S/C21H26N4O3/c26-21(24-13-16-3-4-19-20(10-16)28-9-8-27-19)11-18-15-25(7-6-23-18)14-17-2-1-5-22-12-17/h1-5,10,12,18,23H,6-9,11,13-15H2,(H,24,26). The van der Waals surface area contributed by atoms with Crippen LogP contribution in [0.5, 0.6) is 11.5 Å². The van der Waals surface area contributed by atoms with Gasteiger partial charge in [-0.05, 0) is 29.3 Å². The number of aromatic nitrogens is 1. The van der Waals surface area contributed by atoms with Gasteiger partial charge in [-0.15, -0.1) is 0 Å². The molecule has 1 aromatic carbocycles. The number of amides is 1. The Labute approximate surface area is 165 Å². The maximum atomic E-state index is 12.4. The maximum Gasteiger partial charge on any atom is 0.221 e. The first kappa shape index (κ1) is 18.7. The van der Waals surface area contributed by atoms with Crippen LogP contribution in [-0.4, -0.2) is 54.7 Å². The number of rotatable bonds is 6. The summed E-state index contributed by atoms with van der Waals surface area (Å²) >= 11 is 0. The van der Waals surface area contributed by atoms with E-state index in [9.17, 15) is 4.79 Å². The molecule has 2 N–H and O–H groups in total. The van der Waals surface area contributed by atoms with Crippen molar-refractivity contribution in [1.82, 2.24) is 20.5 Å². The van der Waals surface area contributed by atoms with Crippen LogP contribution < -0.4 is 20.1 Å². The molecule has 1 atom stereocenters. The second-order valence-corrected chi connectivity index (χ2v) is 7.21. The van der Waals surface area contributed by atoms with E-state index in [2.05, 4.69) is 26.6 Å². The smallest absolute Gasteiger partial charge is 0.221 e. The molecule has 0 radical (unpaired) electrons. The quantitative estimate of drug-likeness (QED) is 0.785. The van der Waals surface area contributed by atoms with Crippen molar-refractivity contribution in [3.8, 4) is 11.5 Å². The zero-order chi connectivity index (χ0) is 19.2. The number of carbonyl (C=O) groups is 1. The van der Waals surface area contributed by atoms with E-state index in [1.807, 2.05) is 30.5 Å². The number of benzene rings is 1. The molecule has 1 fully saturated rings. The Morgan fingerprint density at radius 1 is 1.21 bits per heavy atom. The molecular weight excluding hydrogens is 356 g/mol. The molecule has 28 heavy (non-hydrogen) atoms. The monoisotopic (exact) mass is 382 g/mol. The normalized spacial score (nSPS) is 19.2. The summed E-state index contributed by atoms with van der Waals surface area (Å²) in [5, 5.41) is 6.46. The zero-order valence-corrected chi connectivity index (χ0v) is 15.9. The number of hydrogen-bond acceptors (Lipinski definition) is 6. The average Bonchev–Trinajstić information content (AvgIpc) is 2.73. The Morgan fingerprint density at radius 3 is 2.96 bits per heavy atom. The molecule has 0 saturated carbocycles. The zero-order valence-electron chi connectivity index (χ0n) is 15.9. The molecule has 148 valence electrons. The molecule has 3 heterocycles. The van der Waals surface area contributed by atoms with Crippen molar-refractivity contribution in [1.29, 1.82) is 0 Å². The van der Waals surface area contributed by atoms with Crippen LogP contribution in [0.4, 0.5) is 0 Å². The van der Waals surface area contributed by atoms with Crippen LogP contribution in [0.15, 0.2) is 42.7 Å². The number of piperazine rings is 1. The number of nitrogens with one attached hydrogen (secondary N) is 2. The van der Waals surface area contributed by atoms with Gasteiger partial charge in [0.15, 0.2) is 11.5 Å². The summed E-state index contributed by atoms with van der Waals surface area (Å²) in [5.41, 5.74) is 2.21. The van der Waals surface area contributed by atoms with Crippen molar-refractivity contribution in [2.45, 2.75) is 25.6 Å². The van der Waals surface area contributed by atoms with Gasteiger partial charge in [0.25, 0.3) is 0 Å². The van der Waals surface area contributed by atoms with Gasteiger partial charge in [-0.2, -0.15) is 0 Å². The molecule has 4 rings (SSSR count). The van der Waals surface area contributed by atoms with Crippen LogP contribution in [0.2, 0.25) is 0 Å².